The number of fused-ring (bicyclic) bond motifs is 1. The Balaban J connectivity index is 1.76. The third-order valence-electron chi connectivity index (χ3n) is 4.98. The van der Waals surface area contributed by atoms with Gasteiger partial charge in [0.25, 0.3) is 11.8 Å². The van der Waals surface area contributed by atoms with Gasteiger partial charge in [-0.2, -0.15) is 5.26 Å². The Bertz CT molecular complexity index is 956. The fourth-order valence-corrected chi connectivity index (χ4v) is 3.32. The highest BCUT2D eigenvalue weighted by atomic mass is 16.5. The van der Waals surface area contributed by atoms with Crippen LogP contribution in [-0.2, 0) is 0 Å². The molecule has 136 valence electrons. The summed E-state index contributed by atoms with van der Waals surface area (Å²) in [5.74, 6) is -0.0276. The zero-order valence-electron chi connectivity index (χ0n) is 14.9. The normalized spacial score (nSPS) is 17.4. The highest BCUT2D eigenvalue weighted by Gasteiger charge is 2.32. The summed E-state index contributed by atoms with van der Waals surface area (Å²) in [6, 6.07) is 13.0. The molecule has 0 saturated heterocycles. The Morgan fingerprint density at radius 1 is 1.15 bits per heavy atom. The van der Waals surface area contributed by atoms with Gasteiger partial charge in [0.05, 0.1) is 23.8 Å². The molecule has 1 aliphatic carbocycles. The second-order valence-electron chi connectivity index (χ2n) is 6.87. The molecule has 1 aliphatic heterocycles. The maximum atomic E-state index is 12.6. The summed E-state index contributed by atoms with van der Waals surface area (Å²) in [5, 5.41) is 14.6. The third kappa shape index (κ3) is 3.24. The van der Waals surface area contributed by atoms with Gasteiger partial charge >= 0.3 is 0 Å². The number of rotatable bonds is 4. The average molecular weight is 361 g/mol. The smallest absolute Gasteiger partial charge is 0.254 e. The van der Waals surface area contributed by atoms with Gasteiger partial charge in [0.2, 0.25) is 0 Å². The monoisotopic (exact) mass is 361 g/mol. The minimum atomic E-state index is -0.284. The molecular formula is C21H19N3O3. The predicted octanol–water partition coefficient (Wildman–Crippen LogP) is 2.33. The van der Waals surface area contributed by atoms with E-state index in [1.165, 1.54) is 0 Å². The quantitative estimate of drug-likeness (QED) is 0.874. The highest BCUT2D eigenvalue weighted by Crippen LogP contribution is 2.41. The van der Waals surface area contributed by atoms with Gasteiger partial charge in [-0.3, -0.25) is 9.59 Å². The molecule has 6 heteroatoms. The molecule has 1 fully saturated rings. The molecule has 27 heavy (non-hydrogen) atoms. The minimum absolute atomic E-state index is 0.0928. The van der Waals surface area contributed by atoms with Crippen molar-refractivity contribution in [3.63, 3.8) is 0 Å². The van der Waals surface area contributed by atoms with Crippen molar-refractivity contribution in [2.75, 3.05) is 13.7 Å². The van der Waals surface area contributed by atoms with E-state index in [9.17, 15) is 9.59 Å². The summed E-state index contributed by atoms with van der Waals surface area (Å²) in [7, 11) is 1.55. The summed E-state index contributed by atoms with van der Waals surface area (Å²) in [5.41, 5.74) is 3.22. The Hall–Kier alpha value is -3.33. The first-order valence-electron chi connectivity index (χ1n) is 8.94. The topological polar surface area (TPSA) is 91.2 Å². The van der Waals surface area contributed by atoms with Crippen LogP contribution >= 0.6 is 0 Å². The van der Waals surface area contributed by atoms with E-state index in [1.54, 1.807) is 25.2 Å². The van der Waals surface area contributed by atoms with Crippen molar-refractivity contribution in [3.8, 4) is 11.8 Å². The Kier molecular flexibility index (Phi) is 4.28. The van der Waals surface area contributed by atoms with Crippen molar-refractivity contribution in [1.29, 1.82) is 5.26 Å². The summed E-state index contributed by atoms with van der Waals surface area (Å²) < 4.78 is 5.85. The van der Waals surface area contributed by atoms with E-state index in [0.29, 0.717) is 29.0 Å². The van der Waals surface area contributed by atoms with E-state index in [-0.39, 0.29) is 23.8 Å². The second kappa shape index (κ2) is 6.76. The molecule has 0 bridgehead atoms. The number of benzene rings is 2. The number of carbonyl (C=O) groups is 2. The number of nitriles is 1. The number of carbonyl (C=O) groups excluding carboxylic acids is 2. The Labute approximate surface area is 157 Å². The van der Waals surface area contributed by atoms with Crippen LogP contribution in [-0.4, -0.2) is 31.5 Å². The van der Waals surface area contributed by atoms with E-state index < -0.39 is 0 Å². The molecule has 4 rings (SSSR count). The van der Waals surface area contributed by atoms with Crippen molar-refractivity contribution < 1.29 is 14.3 Å². The van der Waals surface area contributed by atoms with Crippen LogP contribution in [0.15, 0.2) is 36.4 Å². The average Bonchev–Trinajstić information content (AvgIpc) is 3.42. The lowest BCUT2D eigenvalue weighted by molar-refractivity contribution is 0.0951. The van der Waals surface area contributed by atoms with E-state index in [1.807, 2.05) is 18.2 Å². The first-order chi connectivity index (χ1) is 13.1. The molecule has 0 spiro atoms. The fourth-order valence-electron chi connectivity index (χ4n) is 3.32. The number of hydrogen-bond donors (Lipinski definition) is 2. The van der Waals surface area contributed by atoms with E-state index in [2.05, 4.69) is 16.7 Å². The van der Waals surface area contributed by atoms with Gasteiger partial charge in [0.15, 0.2) is 0 Å². The van der Waals surface area contributed by atoms with Crippen LogP contribution in [0.4, 0.5) is 0 Å². The van der Waals surface area contributed by atoms with Crippen molar-refractivity contribution >= 4 is 11.8 Å². The predicted molar refractivity (Wildman–Crippen MR) is 98.8 cm³/mol. The molecule has 2 aliphatic rings. The van der Waals surface area contributed by atoms with E-state index >= 15 is 0 Å². The number of ether oxygens (including phenoxy) is 1. The molecule has 0 radical (unpaired) electrons. The first kappa shape index (κ1) is 17.1. The summed E-state index contributed by atoms with van der Waals surface area (Å²) in [6.07, 6.45) is 1.99. The molecule has 1 atom stereocenters. The molecule has 0 aromatic heterocycles. The minimum Gasteiger partial charge on any atom is -0.491 e. The molecule has 2 amide bonds. The van der Waals surface area contributed by atoms with Gasteiger partial charge in [-0.1, -0.05) is 12.1 Å². The van der Waals surface area contributed by atoms with Crippen molar-refractivity contribution in [2.24, 2.45) is 0 Å². The molecule has 1 unspecified atom stereocenters. The lowest BCUT2D eigenvalue weighted by Gasteiger charge is -2.13. The van der Waals surface area contributed by atoms with Crippen LogP contribution in [0.3, 0.4) is 0 Å². The number of nitrogens with one attached hydrogen (secondary N) is 2. The molecule has 1 saturated carbocycles. The Morgan fingerprint density at radius 2 is 1.89 bits per heavy atom. The van der Waals surface area contributed by atoms with Gasteiger partial charge in [-0.25, -0.2) is 0 Å². The zero-order valence-corrected chi connectivity index (χ0v) is 14.9. The van der Waals surface area contributed by atoms with Crippen LogP contribution in [0.2, 0.25) is 0 Å². The van der Waals surface area contributed by atoms with Crippen molar-refractivity contribution in [2.45, 2.75) is 24.8 Å². The van der Waals surface area contributed by atoms with Gasteiger partial charge in [-0.05, 0) is 42.7 Å². The number of nitrogens with zero attached hydrogens (tertiary/aromatic N) is 1. The standard InChI is InChI=1S/C21H19N3O3/c1-23-21(26)17-9-14(20(25)24-15-6-7-15)8-16-18(11-27-19(16)17)13-4-2-12(10-22)3-5-13/h2-5,8-9,15,18H,6-7,11H2,1H3,(H,23,26)(H,24,25). The summed E-state index contributed by atoms with van der Waals surface area (Å²) >= 11 is 0. The van der Waals surface area contributed by atoms with Crippen LogP contribution < -0.4 is 15.4 Å². The number of hydrogen-bond acceptors (Lipinski definition) is 4. The van der Waals surface area contributed by atoms with Crippen molar-refractivity contribution in [1.82, 2.24) is 10.6 Å². The third-order valence-corrected chi connectivity index (χ3v) is 4.98. The van der Waals surface area contributed by atoms with Gasteiger partial charge in [0, 0.05) is 30.1 Å². The molecule has 1 heterocycles. The maximum absolute atomic E-state index is 12.6. The first-order valence-corrected chi connectivity index (χ1v) is 8.94. The largest absolute Gasteiger partial charge is 0.491 e. The van der Waals surface area contributed by atoms with Gasteiger partial charge < -0.3 is 15.4 Å². The van der Waals surface area contributed by atoms with Crippen molar-refractivity contribution in [3.05, 3.63) is 64.2 Å². The molecule has 2 aromatic rings. The highest BCUT2D eigenvalue weighted by molar-refractivity contribution is 6.02. The molecule has 2 aromatic carbocycles. The molecule has 2 N–H and O–H groups in total. The lowest BCUT2D eigenvalue weighted by atomic mass is 9.90. The Morgan fingerprint density at radius 3 is 2.52 bits per heavy atom. The summed E-state index contributed by atoms with van der Waals surface area (Å²) in [6.45, 7) is 0.388. The fraction of sp³-hybridized carbons (Fsp3) is 0.286. The SMILES string of the molecule is CNC(=O)c1cc(C(=O)NC2CC2)cc2c1OCC2c1ccc(C#N)cc1. The van der Waals surface area contributed by atoms with Crippen LogP contribution in [0.1, 0.15) is 56.2 Å². The summed E-state index contributed by atoms with van der Waals surface area (Å²) in [4.78, 5) is 24.9. The second-order valence-corrected chi connectivity index (χ2v) is 6.87. The lowest BCUT2D eigenvalue weighted by Crippen LogP contribution is -2.26. The van der Waals surface area contributed by atoms with Crippen LogP contribution in [0, 0.1) is 11.3 Å². The van der Waals surface area contributed by atoms with E-state index in [4.69, 9.17) is 10.00 Å². The van der Waals surface area contributed by atoms with Crippen LogP contribution in [0.5, 0.6) is 5.75 Å². The van der Waals surface area contributed by atoms with Gasteiger partial charge in [-0.15, -0.1) is 0 Å². The van der Waals surface area contributed by atoms with E-state index in [0.717, 1.165) is 24.0 Å². The molecular weight excluding hydrogens is 342 g/mol. The maximum Gasteiger partial charge on any atom is 0.254 e. The molecule has 6 nitrogen and oxygen atoms in total. The van der Waals surface area contributed by atoms with Gasteiger partial charge in [0.1, 0.15) is 5.75 Å². The van der Waals surface area contributed by atoms with Crippen LogP contribution in [0.25, 0.3) is 0 Å². The number of amides is 2. The zero-order chi connectivity index (χ0) is 19.0.